The quantitative estimate of drug-likeness (QED) is 0.871. The zero-order valence-electron chi connectivity index (χ0n) is 14.5. The molecule has 2 amide bonds. The molecule has 1 aliphatic heterocycles. The highest BCUT2D eigenvalue weighted by molar-refractivity contribution is 5.92. The van der Waals surface area contributed by atoms with E-state index in [9.17, 15) is 14.0 Å². The van der Waals surface area contributed by atoms with E-state index in [2.05, 4.69) is 5.10 Å². The molecular weight excluding hydrogens is 339 g/mol. The Morgan fingerprint density at radius 1 is 1.31 bits per heavy atom. The highest BCUT2D eigenvalue weighted by atomic mass is 19.1. The lowest BCUT2D eigenvalue weighted by atomic mass is 9.91. The van der Waals surface area contributed by atoms with Crippen molar-refractivity contribution in [2.75, 3.05) is 13.1 Å². The molecule has 2 N–H and O–H groups in total. The third kappa shape index (κ3) is 4.19. The molecule has 2 atom stereocenters. The first-order chi connectivity index (χ1) is 12.4. The van der Waals surface area contributed by atoms with E-state index in [1.807, 2.05) is 0 Å². The average Bonchev–Trinajstić information content (AvgIpc) is 3.03. The van der Waals surface area contributed by atoms with Crippen molar-refractivity contribution in [1.29, 1.82) is 0 Å². The molecule has 138 valence electrons. The molecular formula is C18H21FN4O3. The molecule has 2 heterocycles. The van der Waals surface area contributed by atoms with Crippen molar-refractivity contribution in [2.45, 2.75) is 18.9 Å². The van der Waals surface area contributed by atoms with E-state index in [0.717, 1.165) is 0 Å². The van der Waals surface area contributed by atoms with Crippen molar-refractivity contribution >= 4 is 11.8 Å². The number of piperidine rings is 1. The summed E-state index contributed by atoms with van der Waals surface area (Å²) >= 11 is 0. The van der Waals surface area contributed by atoms with Crippen molar-refractivity contribution in [3.8, 4) is 5.75 Å². The maximum atomic E-state index is 13.0. The van der Waals surface area contributed by atoms with Gasteiger partial charge in [0.2, 0.25) is 5.91 Å². The van der Waals surface area contributed by atoms with Crippen LogP contribution in [0.25, 0.3) is 0 Å². The van der Waals surface area contributed by atoms with Gasteiger partial charge in [-0.25, -0.2) is 4.39 Å². The van der Waals surface area contributed by atoms with Crippen molar-refractivity contribution in [3.05, 3.63) is 48.0 Å². The summed E-state index contributed by atoms with van der Waals surface area (Å²) in [6.45, 7) is 0.834. The number of nitrogens with zero attached hydrogens (tertiary/aromatic N) is 3. The van der Waals surface area contributed by atoms with E-state index in [1.165, 1.54) is 12.1 Å². The van der Waals surface area contributed by atoms with Crippen LogP contribution in [0.3, 0.4) is 0 Å². The van der Waals surface area contributed by atoms with Crippen LogP contribution < -0.4 is 10.5 Å². The van der Waals surface area contributed by atoms with E-state index in [4.69, 9.17) is 10.5 Å². The monoisotopic (exact) mass is 360 g/mol. The van der Waals surface area contributed by atoms with E-state index in [1.54, 1.807) is 41.0 Å². The van der Waals surface area contributed by atoms with Crippen LogP contribution in [0.4, 0.5) is 4.39 Å². The fraction of sp³-hybridized carbons (Fsp3) is 0.389. The average molecular weight is 360 g/mol. The van der Waals surface area contributed by atoms with Gasteiger partial charge in [-0.05, 0) is 30.3 Å². The van der Waals surface area contributed by atoms with Crippen molar-refractivity contribution in [1.82, 2.24) is 14.7 Å². The van der Waals surface area contributed by atoms with Crippen LogP contribution in [0.15, 0.2) is 36.5 Å². The molecule has 1 fully saturated rings. The smallest absolute Gasteiger partial charge is 0.274 e. The van der Waals surface area contributed by atoms with E-state index >= 15 is 0 Å². The molecule has 0 spiro atoms. The van der Waals surface area contributed by atoms with Gasteiger partial charge in [0.05, 0.1) is 0 Å². The van der Waals surface area contributed by atoms with Gasteiger partial charge in [0, 0.05) is 45.1 Å². The number of benzene rings is 1. The van der Waals surface area contributed by atoms with Crippen LogP contribution in [0, 0.1) is 11.7 Å². The minimum absolute atomic E-state index is 0.109. The molecule has 1 aromatic heterocycles. The topological polar surface area (TPSA) is 90.5 Å². The van der Waals surface area contributed by atoms with Gasteiger partial charge >= 0.3 is 0 Å². The molecule has 8 heteroatoms. The number of likely N-dealkylation sites (tertiary alicyclic amines) is 1. The molecule has 7 nitrogen and oxygen atoms in total. The fourth-order valence-electron chi connectivity index (χ4n) is 3.18. The second-order valence-corrected chi connectivity index (χ2v) is 6.46. The predicted molar refractivity (Wildman–Crippen MR) is 91.8 cm³/mol. The Labute approximate surface area is 150 Å². The second-order valence-electron chi connectivity index (χ2n) is 6.46. The number of hydrogen-bond donors (Lipinski definition) is 1. The second kappa shape index (κ2) is 7.55. The van der Waals surface area contributed by atoms with Crippen molar-refractivity contribution in [2.24, 2.45) is 18.7 Å². The van der Waals surface area contributed by atoms with E-state index in [0.29, 0.717) is 31.0 Å². The molecule has 1 aromatic carbocycles. The van der Waals surface area contributed by atoms with Crippen LogP contribution in [0.5, 0.6) is 5.75 Å². The number of carbonyl (C=O) groups excluding carboxylic acids is 2. The lowest BCUT2D eigenvalue weighted by Gasteiger charge is -2.38. The number of aryl methyl sites for hydroxylation is 1. The van der Waals surface area contributed by atoms with E-state index in [-0.39, 0.29) is 30.2 Å². The van der Waals surface area contributed by atoms with Crippen LogP contribution in [-0.4, -0.2) is 45.7 Å². The SMILES string of the molecule is Cn1ccc(C(=O)N2CC[C@H](Oc3ccc(F)cc3)[C@@H](CC(N)=O)C2)n1. The Kier molecular flexibility index (Phi) is 5.20. The van der Waals surface area contributed by atoms with Gasteiger partial charge in [0.1, 0.15) is 23.4 Å². The normalized spacial score (nSPS) is 20.0. The summed E-state index contributed by atoms with van der Waals surface area (Å²) in [7, 11) is 1.75. The predicted octanol–water partition coefficient (Wildman–Crippen LogP) is 1.34. The van der Waals surface area contributed by atoms with Gasteiger partial charge in [-0.2, -0.15) is 5.10 Å². The fourth-order valence-corrected chi connectivity index (χ4v) is 3.18. The number of primary amides is 1. The van der Waals surface area contributed by atoms with Crippen LogP contribution >= 0.6 is 0 Å². The molecule has 0 radical (unpaired) electrons. The summed E-state index contributed by atoms with van der Waals surface area (Å²) in [6.07, 6.45) is 2.09. The van der Waals surface area contributed by atoms with Gasteiger partial charge < -0.3 is 15.4 Å². The number of amides is 2. The standard InChI is InChI=1S/C18H21FN4O3/c1-22-8-6-15(21-22)18(25)23-9-7-16(12(11-23)10-17(20)24)26-14-4-2-13(19)3-5-14/h2-6,8,12,16H,7,9-11H2,1H3,(H2,20,24)/t12-,16-/m0/s1. The molecule has 1 saturated heterocycles. The summed E-state index contributed by atoms with van der Waals surface area (Å²) in [4.78, 5) is 25.7. The lowest BCUT2D eigenvalue weighted by molar-refractivity contribution is -0.120. The van der Waals surface area contributed by atoms with Gasteiger partial charge in [-0.1, -0.05) is 0 Å². The Morgan fingerprint density at radius 3 is 2.65 bits per heavy atom. The largest absolute Gasteiger partial charge is 0.490 e. The highest BCUT2D eigenvalue weighted by Gasteiger charge is 2.34. The zero-order valence-corrected chi connectivity index (χ0v) is 14.5. The number of halogens is 1. The van der Waals surface area contributed by atoms with Gasteiger partial charge in [-0.3, -0.25) is 14.3 Å². The maximum Gasteiger partial charge on any atom is 0.274 e. The molecule has 0 saturated carbocycles. The zero-order chi connectivity index (χ0) is 18.7. The number of aromatic nitrogens is 2. The number of rotatable bonds is 5. The number of nitrogens with two attached hydrogens (primary N) is 1. The Hall–Kier alpha value is -2.90. The summed E-state index contributed by atoms with van der Waals surface area (Å²) in [6, 6.07) is 7.38. The third-order valence-corrected chi connectivity index (χ3v) is 4.45. The van der Waals surface area contributed by atoms with Crippen molar-refractivity contribution in [3.63, 3.8) is 0 Å². The Morgan fingerprint density at radius 2 is 2.04 bits per heavy atom. The van der Waals surface area contributed by atoms with Crippen molar-refractivity contribution < 1.29 is 18.7 Å². The van der Waals surface area contributed by atoms with Gasteiger partial charge in [0.25, 0.3) is 5.91 Å². The number of ether oxygens (including phenoxy) is 1. The van der Waals surface area contributed by atoms with Crippen LogP contribution in [0.2, 0.25) is 0 Å². The van der Waals surface area contributed by atoms with E-state index < -0.39 is 5.91 Å². The molecule has 0 bridgehead atoms. The molecule has 1 aliphatic rings. The summed E-state index contributed by atoms with van der Waals surface area (Å²) in [5.74, 6) is -0.689. The number of hydrogen-bond acceptors (Lipinski definition) is 4. The summed E-state index contributed by atoms with van der Waals surface area (Å²) < 4.78 is 20.5. The highest BCUT2D eigenvalue weighted by Crippen LogP contribution is 2.26. The first kappa shape index (κ1) is 17.9. The summed E-state index contributed by atoms with van der Waals surface area (Å²) in [5, 5.41) is 4.13. The molecule has 3 rings (SSSR count). The Bertz CT molecular complexity index is 790. The maximum absolute atomic E-state index is 13.0. The first-order valence-corrected chi connectivity index (χ1v) is 8.42. The number of carbonyl (C=O) groups is 2. The van der Waals surface area contributed by atoms with Crippen LogP contribution in [0.1, 0.15) is 23.3 Å². The molecule has 2 aromatic rings. The van der Waals surface area contributed by atoms with Gasteiger partial charge in [-0.15, -0.1) is 0 Å². The lowest BCUT2D eigenvalue weighted by Crippen LogP contribution is -2.49. The van der Waals surface area contributed by atoms with Gasteiger partial charge in [0.15, 0.2) is 0 Å². The molecule has 0 aliphatic carbocycles. The minimum atomic E-state index is -0.449. The molecule has 0 unspecified atom stereocenters. The first-order valence-electron chi connectivity index (χ1n) is 8.42. The Balaban J connectivity index is 1.71. The van der Waals surface area contributed by atoms with Crippen LogP contribution in [-0.2, 0) is 11.8 Å². The molecule has 26 heavy (non-hydrogen) atoms. The minimum Gasteiger partial charge on any atom is -0.490 e. The third-order valence-electron chi connectivity index (χ3n) is 4.45. The summed E-state index contributed by atoms with van der Waals surface area (Å²) in [5.41, 5.74) is 5.74.